The molecule has 1 aromatic heterocycles. The fourth-order valence-electron chi connectivity index (χ4n) is 8.82. The van der Waals surface area contributed by atoms with Crippen LogP contribution in [-0.2, 0) is 0 Å². The molecular weight excluding hydrogens is 388 g/mol. The van der Waals surface area contributed by atoms with E-state index in [0.717, 1.165) is 43.8 Å². The molecule has 1 amide bonds. The van der Waals surface area contributed by atoms with E-state index in [1.165, 1.54) is 32.1 Å². The maximum Gasteiger partial charge on any atom is 0.253 e. The molecule has 2 aromatic rings. The van der Waals surface area contributed by atoms with Crippen LogP contribution in [0.4, 0.5) is 0 Å². The van der Waals surface area contributed by atoms with E-state index < -0.39 is 0 Å². The number of H-pyrrole nitrogens is 1. The zero-order valence-corrected chi connectivity index (χ0v) is 18.0. The molecule has 5 atom stereocenters. The molecule has 8 rings (SSSR count). The number of amides is 1. The third-order valence-corrected chi connectivity index (χ3v) is 9.46. The van der Waals surface area contributed by atoms with Gasteiger partial charge >= 0.3 is 0 Å². The molecule has 0 aliphatic heterocycles. The standard InChI is InChI=1S/C25H32N4O2/c26-24-8-14-5-15(9-24)11-25(10-14,12-24)29-23(31)17-3-4-19(30)21-20(17)27-22(28-21)18-7-13-1-2-16(18)6-13/h3-4,13-16,18,30H,1-2,5-12,26H2,(H,27,28)(H,29,31). The maximum absolute atomic E-state index is 13.5. The number of imidazole rings is 1. The first-order valence-corrected chi connectivity index (χ1v) is 12.2. The molecule has 5 unspecified atom stereocenters. The summed E-state index contributed by atoms with van der Waals surface area (Å²) in [6.07, 6.45) is 11.6. The number of fused-ring (bicyclic) bond motifs is 3. The highest BCUT2D eigenvalue weighted by molar-refractivity contribution is 6.06. The lowest BCUT2D eigenvalue weighted by Gasteiger charge is -2.61. The van der Waals surface area contributed by atoms with Gasteiger partial charge in [-0.3, -0.25) is 4.79 Å². The van der Waals surface area contributed by atoms with Crippen molar-refractivity contribution in [3.05, 3.63) is 23.5 Å². The minimum atomic E-state index is -0.177. The Balaban J connectivity index is 1.22. The number of phenols is 1. The first-order valence-electron chi connectivity index (χ1n) is 12.2. The molecule has 164 valence electrons. The summed E-state index contributed by atoms with van der Waals surface area (Å²) >= 11 is 0. The summed E-state index contributed by atoms with van der Waals surface area (Å²) in [5.74, 6) is 4.28. The Hall–Kier alpha value is -2.08. The third-order valence-electron chi connectivity index (χ3n) is 9.46. The van der Waals surface area contributed by atoms with E-state index in [0.29, 0.717) is 40.3 Å². The highest BCUT2D eigenvalue weighted by Gasteiger charge is 2.56. The molecule has 6 fully saturated rings. The van der Waals surface area contributed by atoms with Gasteiger partial charge in [0.1, 0.15) is 22.6 Å². The Kier molecular flexibility index (Phi) is 3.60. The lowest BCUT2D eigenvalue weighted by molar-refractivity contribution is -0.0320. The van der Waals surface area contributed by atoms with Crippen molar-refractivity contribution in [2.45, 2.75) is 81.2 Å². The van der Waals surface area contributed by atoms with Crippen LogP contribution >= 0.6 is 0 Å². The molecule has 31 heavy (non-hydrogen) atoms. The second kappa shape index (κ2) is 6.03. The summed E-state index contributed by atoms with van der Waals surface area (Å²) in [5.41, 5.74) is 8.23. The van der Waals surface area contributed by atoms with Crippen molar-refractivity contribution in [1.29, 1.82) is 0 Å². The van der Waals surface area contributed by atoms with E-state index in [4.69, 9.17) is 10.7 Å². The second-order valence-corrected chi connectivity index (χ2v) is 11.8. The zero-order valence-electron chi connectivity index (χ0n) is 18.0. The van der Waals surface area contributed by atoms with Crippen molar-refractivity contribution in [3.63, 3.8) is 0 Å². The molecule has 0 spiro atoms. The molecule has 5 N–H and O–H groups in total. The summed E-state index contributed by atoms with van der Waals surface area (Å²) in [7, 11) is 0. The van der Waals surface area contributed by atoms with E-state index in [1.54, 1.807) is 12.1 Å². The van der Waals surface area contributed by atoms with Gasteiger partial charge in [0, 0.05) is 17.0 Å². The SMILES string of the molecule is NC12CC3CC(C1)CC(NC(=O)c1ccc(O)c4[nH]c(C5CC6CCC5C6)nc14)(C3)C2. The summed E-state index contributed by atoms with van der Waals surface area (Å²) in [5, 5.41) is 13.9. The lowest BCUT2D eigenvalue weighted by atomic mass is 9.50. The maximum atomic E-state index is 13.5. The first kappa shape index (κ1) is 18.5. The zero-order chi connectivity index (χ0) is 21.0. The van der Waals surface area contributed by atoms with Gasteiger partial charge in [-0.25, -0.2) is 4.98 Å². The fraction of sp³-hybridized carbons (Fsp3) is 0.680. The molecule has 1 heterocycles. The van der Waals surface area contributed by atoms with Crippen molar-refractivity contribution >= 4 is 16.9 Å². The van der Waals surface area contributed by atoms with Crippen molar-refractivity contribution in [2.75, 3.05) is 0 Å². The van der Waals surface area contributed by atoms with E-state index in [-0.39, 0.29) is 22.7 Å². The molecule has 6 aliphatic rings. The first-order chi connectivity index (χ1) is 14.9. The van der Waals surface area contributed by atoms with Gasteiger partial charge in [0.05, 0.1) is 5.56 Å². The number of carbonyl (C=O) groups excluding carboxylic acids is 1. The Labute approximate surface area is 182 Å². The molecular formula is C25H32N4O2. The number of nitrogens with one attached hydrogen (secondary N) is 2. The minimum Gasteiger partial charge on any atom is -0.506 e. The topological polar surface area (TPSA) is 104 Å². The van der Waals surface area contributed by atoms with Gasteiger partial charge in [-0.05, 0) is 93.6 Å². The highest BCUT2D eigenvalue weighted by Crippen LogP contribution is 2.57. The number of aromatic nitrogens is 2. The molecule has 1 aromatic carbocycles. The molecule has 6 nitrogen and oxygen atoms in total. The third kappa shape index (κ3) is 2.73. The summed E-state index contributed by atoms with van der Waals surface area (Å²) < 4.78 is 0. The van der Waals surface area contributed by atoms with Crippen LogP contribution in [0.2, 0.25) is 0 Å². The number of carbonyl (C=O) groups is 1. The van der Waals surface area contributed by atoms with Gasteiger partial charge in [-0.15, -0.1) is 0 Å². The Morgan fingerprint density at radius 2 is 1.90 bits per heavy atom. The predicted molar refractivity (Wildman–Crippen MR) is 118 cm³/mol. The summed E-state index contributed by atoms with van der Waals surface area (Å²) in [6, 6.07) is 3.36. The van der Waals surface area contributed by atoms with E-state index >= 15 is 0 Å². The number of rotatable bonds is 3. The van der Waals surface area contributed by atoms with E-state index in [2.05, 4.69) is 10.3 Å². The quantitative estimate of drug-likeness (QED) is 0.603. The average Bonchev–Trinajstić information content (AvgIpc) is 3.41. The molecule has 6 heteroatoms. The van der Waals surface area contributed by atoms with Crippen molar-refractivity contribution in [1.82, 2.24) is 15.3 Å². The van der Waals surface area contributed by atoms with Crippen LogP contribution in [0.15, 0.2) is 12.1 Å². The average molecular weight is 421 g/mol. The minimum absolute atomic E-state index is 0.0680. The van der Waals surface area contributed by atoms with Crippen molar-refractivity contribution in [2.24, 2.45) is 29.4 Å². The van der Waals surface area contributed by atoms with Crippen LogP contribution in [0.3, 0.4) is 0 Å². The smallest absolute Gasteiger partial charge is 0.253 e. The molecule has 0 radical (unpaired) electrons. The Morgan fingerprint density at radius 1 is 1.10 bits per heavy atom. The molecule has 6 aliphatic carbocycles. The normalized spacial score (nSPS) is 42.5. The molecule has 6 saturated carbocycles. The molecule has 6 bridgehead atoms. The van der Waals surface area contributed by atoms with Crippen LogP contribution in [0.5, 0.6) is 5.75 Å². The van der Waals surface area contributed by atoms with Crippen molar-refractivity contribution < 1.29 is 9.90 Å². The number of nitrogens with zero attached hydrogens (tertiary/aromatic N) is 1. The van der Waals surface area contributed by atoms with Crippen LogP contribution in [0.1, 0.15) is 86.3 Å². The number of aromatic hydroxyl groups is 1. The van der Waals surface area contributed by atoms with E-state index in [9.17, 15) is 9.90 Å². The number of nitrogens with two attached hydrogens (primary N) is 1. The second-order valence-electron chi connectivity index (χ2n) is 11.8. The Morgan fingerprint density at radius 3 is 2.58 bits per heavy atom. The van der Waals surface area contributed by atoms with Gasteiger partial charge in [0.2, 0.25) is 0 Å². The van der Waals surface area contributed by atoms with Crippen LogP contribution < -0.4 is 11.1 Å². The van der Waals surface area contributed by atoms with Gasteiger partial charge in [-0.1, -0.05) is 6.42 Å². The largest absolute Gasteiger partial charge is 0.506 e. The summed E-state index contributed by atoms with van der Waals surface area (Å²) in [4.78, 5) is 21.8. The van der Waals surface area contributed by atoms with Crippen LogP contribution in [0.25, 0.3) is 11.0 Å². The molecule has 0 saturated heterocycles. The number of hydrogen-bond donors (Lipinski definition) is 4. The number of aromatic amines is 1. The lowest BCUT2D eigenvalue weighted by Crippen LogP contribution is -2.68. The van der Waals surface area contributed by atoms with E-state index in [1.807, 2.05) is 0 Å². The van der Waals surface area contributed by atoms with Crippen LogP contribution in [0, 0.1) is 23.7 Å². The van der Waals surface area contributed by atoms with Crippen molar-refractivity contribution in [3.8, 4) is 5.75 Å². The monoisotopic (exact) mass is 420 g/mol. The highest BCUT2D eigenvalue weighted by atomic mass is 16.3. The number of hydrogen-bond acceptors (Lipinski definition) is 4. The van der Waals surface area contributed by atoms with Gasteiger partial charge in [0.15, 0.2) is 0 Å². The van der Waals surface area contributed by atoms with Crippen LogP contribution in [-0.4, -0.2) is 32.1 Å². The predicted octanol–water partition coefficient (Wildman–Crippen LogP) is 3.95. The van der Waals surface area contributed by atoms with Gasteiger partial charge in [-0.2, -0.15) is 0 Å². The summed E-state index contributed by atoms with van der Waals surface area (Å²) in [6.45, 7) is 0. The fourth-order valence-corrected chi connectivity index (χ4v) is 8.82. The number of phenolic OH excluding ortho intramolecular Hbond substituents is 1. The number of benzene rings is 1. The van der Waals surface area contributed by atoms with Gasteiger partial charge < -0.3 is 21.1 Å². The van der Waals surface area contributed by atoms with Gasteiger partial charge in [0.25, 0.3) is 5.91 Å². The Bertz CT molecular complexity index is 1080.